The second-order valence-electron chi connectivity index (χ2n) is 5.88. The van der Waals surface area contributed by atoms with Crippen LogP contribution in [-0.2, 0) is 20.8 Å². The normalized spacial score (nSPS) is 11.6. The van der Waals surface area contributed by atoms with Crippen LogP contribution in [0.2, 0.25) is 10.0 Å². The SMILES string of the molecule is CC(=O)N[C@@H](CS)C(=O)N(c1ccccc1CC(=O)O)c1c(Cl)cccc1Cl. The third kappa shape index (κ3) is 5.19. The molecule has 0 bridgehead atoms. The van der Waals surface area contributed by atoms with Gasteiger partial charge < -0.3 is 10.4 Å². The highest BCUT2D eigenvalue weighted by molar-refractivity contribution is 7.80. The molecule has 9 heteroatoms. The number of carboxylic acid groups (broad SMARTS) is 1. The highest BCUT2D eigenvalue weighted by atomic mass is 35.5. The van der Waals surface area contributed by atoms with Crippen molar-refractivity contribution in [1.82, 2.24) is 5.32 Å². The molecule has 0 aliphatic heterocycles. The monoisotopic (exact) mass is 440 g/mol. The summed E-state index contributed by atoms with van der Waals surface area (Å²) in [5, 5.41) is 12.2. The number of hydrogen-bond acceptors (Lipinski definition) is 4. The molecule has 2 N–H and O–H groups in total. The molecule has 0 spiro atoms. The highest BCUT2D eigenvalue weighted by Crippen LogP contribution is 2.39. The Labute approximate surface area is 177 Å². The molecule has 0 saturated heterocycles. The van der Waals surface area contributed by atoms with E-state index in [1.807, 2.05) is 0 Å². The third-order valence-electron chi connectivity index (χ3n) is 3.81. The van der Waals surface area contributed by atoms with E-state index < -0.39 is 23.8 Å². The minimum atomic E-state index is -1.06. The molecule has 0 aliphatic rings. The number of thiol groups is 1. The molecule has 6 nitrogen and oxygen atoms in total. The van der Waals surface area contributed by atoms with Gasteiger partial charge in [0.15, 0.2) is 0 Å². The molecule has 0 aromatic heterocycles. The lowest BCUT2D eigenvalue weighted by atomic mass is 10.1. The zero-order chi connectivity index (χ0) is 20.8. The maximum Gasteiger partial charge on any atom is 0.307 e. The Balaban J connectivity index is 2.69. The lowest BCUT2D eigenvalue weighted by Gasteiger charge is -2.30. The summed E-state index contributed by atoms with van der Waals surface area (Å²) >= 11 is 16.8. The van der Waals surface area contributed by atoms with Gasteiger partial charge >= 0.3 is 5.97 Å². The maximum atomic E-state index is 13.4. The number of nitrogens with one attached hydrogen (secondary N) is 1. The van der Waals surface area contributed by atoms with Crippen molar-refractivity contribution in [2.75, 3.05) is 10.7 Å². The maximum absolute atomic E-state index is 13.4. The van der Waals surface area contributed by atoms with Crippen LogP contribution in [0, 0.1) is 0 Å². The molecule has 2 aromatic carbocycles. The minimum absolute atomic E-state index is 0.0259. The third-order valence-corrected chi connectivity index (χ3v) is 4.79. The van der Waals surface area contributed by atoms with Gasteiger partial charge in [0.05, 0.1) is 27.8 Å². The van der Waals surface area contributed by atoms with E-state index in [0.29, 0.717) is 11.3 Å². The Bertz CT molecular complexity index is 887. The molecule has 0 saturated carbocycles. The van der Waals surface area contributed by atoms with E-state index in [0.717, 1.165) is 0 Å². The van der Waals surface area contributed by atoms with Crippen LogP contribution in [0.3, 0.4) is 0 Å². The number of benzene rings is 2. The quantitative estimate of drug-likeness (QED) is 0.572. The van der Waals surface area contributed by atoms with Crippen LogP contribution in [0.5, 0.6) is 0 Å². The van der Waals surface area contributed by atoms with Crippen LogP contribution in [0.15, 0.2) is 42.5 Å². The predicted molar refractivity (Wildman–Crippen MR) is 113 cm³/mol. The summed E-state index contributed by atoms with van der Waals surface area (Å²) in [7, 11) is 0. The molecule has 2 amide bonds. The molecular weight excluding hydrogens is 423 g/mol. The van der Waals surface area contributed by atoms with Gasteiger partial charge in [0, 0.05) is 12.7 Å². The topological polar surface area (TPSA) is 86.7 Å². The first-order valence-electron chi connectivity index (χ1n) is 8.22. The second-order valence-corrected chi connectivity index (χ2v) is 7.06. The number of carbonyl (C=O) groups is 3. The number of carbonyl (C=O) groups excluding carboxylic acids is 2. The standard InChI is InChI=1S/C19H18Cl2N2O4S/c1-11(24)22-15(10-28)19(27)23(18-13(20)6-4-7-14(18)21)16-8-3-2-5-12(16)9-17(25)26/h2-8,15,28H,9-10H2,1H3,(H,22,24)(H,25,26)/t15-/m0/s1. The average Bonchev–Trinajstić information content (AvgIpc) is 2.62. The summed E-state index contributed by atoms with van der Waals surface area (Å²) in [5.74, 6) is -1.98. The van der Waals surface area contributed by atoms with Crippen molar-refractivity contribution in [3.05, 3.63) is 58.1 Å². The van der Waals surface area contributed by atoms with E-state index in [4.69, 9.17) is 23.2 Å². The highest BCUT2D eigenvalue weighted by Gasteiger charge is 2.31. The number of anilines is 2. The Kier molecular flexibility index (Phi) is 7.74. The van der Waals surface area contributed by atoms with E-state index in [9.17, 15) is 19.5 Å². The van der Waals surface area contributed by atoms with Crippen LogP contribution < -0.4 is 10.2 Å². The molecule has 0 fully saturated rings. The van der Waals surface area contributed by atoms with Gasteiger partial charge in [-0.1, -0.05) is 47.5 Å². The smallest absolute Gasteiger partial charge is 0.307 e. The summed E-state index contributed by atoms with van der Waals surface area (Å²) in [6, 6.07) is 10.3. The summed E-state index contributed by atoms with van der Waals surface area (Å²) in [6.45, 7) is 1.29. The van der Waals surface area contributed by atoms with Gasteiger partial charge in [-0.25, -0.2) is 0 Å². The molecule has 148 valence electrons. The number of amides is 2. The van der Waals surface area contributed by atoms with E-state index >= 15 is 0 Å². The summed E-state index contributed by atoms with van der Waals surface area (Å²) in [4.78, 5) is 37.4. The predicted octanol–water partition coefficient (Wildman–Crippen LogP) is 3.72. The van der Waals surface area contributed by atoms with Crippen molar-refractivity contribution in [3.63, 3.8) is 0 Å². The van der Waals surface area contributed by atoms with Crippen molar-refractivity contribution >= 4 is 65.0 Å². The Morgan fingerprint density at radius 3 is 2.25 bits per heavy atom. The molecule has 0 heterocycles. The number of hydrogen-bond donors (Lipinski definition) is 3. The van der Waals surface area contributed by atoms with Gasteiger partial charge in [-0.2, -0.15) is 12.6 Å². The number of halogens is 2. The molecular formula is C19H18Cl2N2O4S. The first kappa shape index (κ1) is 22.1. The molecule has 0 aliphatic carbocycles. The largest absolute Gasteiger partial charge is 0.481 e. The zero-order valence-electron chi connectivity index (χ0n) is 14.9. The van der Waals surface area contributed by atoms with Crippen molar-refractivity contribution < 1.29 is 19.5 Å². The van der Waals surface area contributed by atoms with Gasteiger partial charge in [0.1, 0.15) is 6.04 Å². The van der Waals surface area contributed by atoms with Gasteiger partial charge in [-0.05, 0) is 23.8 Å². The number of nitrogens with zero attached hydrogens (tertiary/aromatic N) is 1. The van der Waals surface area contributed by atoms with Gasteiger partial charge in [-0.3, -0.25) is 19.3 Å². The van der Waals surface area contributed by atoms with Crippen molar-refractivity contribution in [2.45, 2.75) is 19.4 Å². The van der Waals surface area contributed by atoms with E-state index in [2.05, 4.69) is 17.9 Å². The molecule has 1 atom stereocenters. The van der Waals surface area contributed by atoms with Gasteiger partial charge in [-0.15, -0.1) is 0 Å². The minimum Gasteiger partial charge on any atom is -0.481 e. The zero-order valence-corrected chi connectivity index (χ0v) is 17.3. The number of carboxylic acids is 1. The van der Waals surface area contributed by atoms with E-state index in [1.165, 1.54) is 11.8 Å². The van der Waals surface area contributed by atoms with Crippen molar-refractivity contribution in [3.8, 4) is 0 Å². The molecule has 28 heavy (non-hydrogen) atoms. The van der Waals surface area contributed by atoms with Crippen molar-refractivity contribution in [2.24, 2.45) is 0 Å². The Morgan fingerprint density at radius 1 is 1.11 bits per heavy atom. The van der Waals surface area contributed by atoms with Crippen LogP contribution in [0.25, 0.3) is 0 Å². The average molecular weight is 441 g/mol. The van der Waals surface area contributed by atoms with Crippen LogP contribution in [0.1, 0.15) is 12.5 Å². The fraction of sp³-hybridized carbons (Fsp3) is 0.211. The summed E-state index contributed by atoms with van der Waals surface area (Å²) in [6.07, 6.45) is -0.312. The first-order valence-corrected chi connectivity index (χ1v) is 9.60. The van der Waals surface area contributed by atoms with Gasteiger partial charge in [0.25, 0.3) is 5.91 Å². The molecule has 2 aromatic rings. The lowest BCUT2D eigenvalue weighted by Crippen LogP contribution is -2.48. The fourth-order valence-electron chi connectivity index (χ4n) is 2.68. The summed E-state index contributed by atoms with van der Waals surface area (Å²) < 4.78 is 0. The molecule has 0 unspecified atom stereocenters. The summed E-state index contributed by atoms with van der Waals surface area (Å²) in [5.41, 5.74) is 0.896. The van der Waals surface area contributed by atoms with Crippen LogP contribution >= 0.6 is 35.8 Å². The Morgan fingerprint density at radius 2 is 1.71 bits per heavy atom. The van der Waals surface area contributed by atoms with Crippen molar-refractivity contribution in [1.29, 1.82) is 0 Å². The molecule has 2 rings (SSSR count). The lowest BCUT2D eigenvalue weighted by molar-refractivity contribution is -0.136. The Hall–Kier alpha value is -2.22. The van der Waals surface area contributed by atoms with Gasteiger partial charge in [0.2, 0.25) is 5.91 Å². The van der Waals surface area contributed by atoms with Crippen LogP contribution in [0.4, 0.5) is 11.4 Å². The van der Waals surface area contributed by atoms with E-state index in [1.54, 1.807) is 42.5 Å². The van der Waals surface area contributed by atoms with E-state index in [-0.39, 0.29) is 27.9 Å². The number of rotatable bonds is 7. The fourth-order valence-corrected chi connectivity index (χ4v) is 3.49. The molecule has 0 radical (unpaired) electrons. The number of para-hydroxylation sites is 2. The second kappa shape index (κ2) is 9.82. The van der Waals surface area contributed by atoms with Crippen LogP contribution in [-0.4, -0.2) is 34.7 Å². The number of aliphatic carboxylic acids is 1. The first-order chi connectivity index (χ1) is 13.3.